The van der Waals surface area contributed by atoms with Gasteiger partial charge in [0, 0.05) is 19.1 Å². The maximum Gasteiger partial charge on any atom is 0.253 e. The van der Waals surface area contributed by atoms with Gasteiger partial charge in [0.1, 0.15) is 5.82 Å². The second kappa shape index (κ2) is 7.41. The first-order valence-electron chi connectivity index (χ1n) is 7.66. The predicted octanol–water partition coefficient (Wildman–Crippen LogP) is 2.40. The Hall–Kier alpha value is -1.62. The fraction of sp³-hybridized carbons (Fsp3) is 0.562. The standard InChI is InChI=1S/C16H24FN3O/c1-12-6-2-3-10-20(12)11-5-9-19-16(21)13-7-4-8-14(17)15(13)18/h4,7-8,12H,2-3,5-6,9-11,18H2,1H3,(H,19,21). The maximum absolute atomic E-state index is 13.3. The number of hydrogen-bond acceptors (Lipinski definition) is 3. The number of likely N-dealkylation sites (tertiary alicyclic amines) is 1. The van der Waals surface area contributed by atoms with Gasteiger partial charge in [-0.25, -0.2) is 4.39 Å². The van der Waals surface area contributed by atoms with Crippen LogP contribution in [0.4, 0.5) is 10.1 Å². The van der Waals surface area contributed by atoms with E-state index < -0.39 is 5.82 Å². The van der Waals surface area contributed by atoms with E-state index in [0.29, 0.717) is 12.6 Å². The molecule has 1 fully saturated rings. The van der Waals surface area contributed by atoms with Crippen molar-refractivity contribution in [3.8, 4) is 0 Å². The Morgan fingerprint density at radius 3 is 3.05 bits per heavy atom. The Bertz CT molecular complexity index is 492. The van der Waals surface area contributed by atoms with Crippen LogP contribution in [-0.4, -0.2) is 36.5 Å². The van der Waals surface area contributed by atoms with Crippen molar-refractivity contribution >= 4 is 11.6 Å². The first-order chi connectivity index (χ1) is 10.1. The summed E-state index contributed by atoms with van der Waals surface area (Å²) in [5.74, 6) is -0.858. The number of carbonyl (C=O) groups excluding carboxylic acids is 1. The number of hydrogen-bond donors (Lipinski definition) is 2. The molecule has 21 heavy (non-hydrogen) atoms. The largest absolute Gasteiger partial charge is 0.396 e. The Morgan fingerprint density at radius 1 is 1.48 bits per heavy atom. The topological polar surface area (TPSA) is 58.4 Å². The molecular weight excluding hydrogens is 269 g/mol. The zero-order valence-electron chi connectivity index (χ0n) is 12.6. The van der Waals surface area contributed by atoms with Gasteiger partial charge in [0.25, 0.3) is 5.91 Å². The van der Waals surface area contributed by atoms with Gasteiger partial charge in [0.05, 0.1) is 11.3 Å². The number of anilines is 1. The molecule has 1 aromatic carbocycles. The number of halogens is 1. The Labute approximate surface area is 125 Å². The Morgan fingerprint density at radius 2 is 2.29 bits per heavy atom. The van der Waals surface area contributed by atoms with Crippen LogP contribution in [0.5, 0.6) is 0 Å². The van der Waals surface area contributed by atoms with Crippen LogP contribution in [-0.2, 0) is 0 Å². The number of rotatable bonds is 5. The van der Waals surface area contributed by atoms with E-state index in [1.807, 2.05) is 0 Å². The van der Waals surface area contributed by atoms with E-state index in [9.17, 15) is 9.18 Å². The zero-order valence-corrected chi connectivity index (χ0v) is 12.6. The molecule has 1 aliphatic heterocycles. The van der Waals surface area contributed by atoms with Crippen molar-refractivity contribution in [1.82, 2.24) is 10.2 Å². The summed E-state index contributed by atoms with van der Waals surface area (Å²) in [7, 11) is 0. The average molecular weight is 293 g/mol. The number of nitrogen functional groups attached to an aromatic ring is 1. The van der Waals surface area contributed by atoms with E-state index in [0.717, 1.165) is 19.5 Å². The van der Waals surface area contributed by atoms with Crippen molar-refractivity contribution in [2.45, 2.75) is 38.6 Å². The molecule has 1 aliphatic rings. The SMILES string of the molecule is CC1CCCCN1CCCNC(=O)c1cccc(F)c1N. The van der Waals surface area contributed by atoms with Crippen molar-refractivity contribution in [3.05, 3.63) is 29.6 Å². The van der Waals surface area contributed by atoms with Gasteiger partial charge >= 0.3 is 0 Å². The number of para-hydroxylation sites is 1. The Balaban J connectivity index is 1.75. The molecule has 1 unspecified atom stereocenters. The van der Waals surface area contributed by atoms with Gasteiger partial charge in [-0.2, -0.15) is 0 Å². The van der Waals surface area contributed by atoms with E-state index in [1.165, 1.54) is 31.4 Å². The van der Waals surface area contributed by atoms with E-state index in [4.69, 9.17) is 5.73 Å². The summed E-state index contributed by atoms with van der Waals surface area (Å²) < 4.78 is 13.3. The molecular formula is C16H24FN3O. The van der Waals surface area contributed by atoms with E-state index in [2.05, 4.69) is 17.1 Å². The number of nitrogens with two attached hydrogens (primary N) is 1. The molecule has 1 amide bonds. The van der Waals surface area contributed by atoms with Gasteiger partial charge in [-0.3, -0.25) is 4.79 Å². The summed E-state index contributed by atoms with van der Waals surface area (Å²) in [6, 6.07) is 4.92. The van der Waals surface area contributed by atoms with Crippen molar-refractivity contribution in [1.29, 1.82) is 0 Å². The number of nitrogens with zero attached hydrogens (tertiary/aromatic N) is 1. The van der Waals surface area contributed by atoms with Crippen LogP contribution < -0.4 is 11.1 Å². The molecule has 1 atom stereocenters. The highest BCUT2D eigenvalue weighted by Gasteiger charge is 2.17. The number of carbonyl (C=O) groups is 1. The molecule has 0 aromatic heterocycles. The van der Waals surface area contributed by atoms with Gasteiger partial charge in [-0.15, -0.1) is 0 Å². The molecule has 1 heterocycles. The van der Waals surface area contributed by atoms with Gasteiger partial charge < -0.3 is 16.0 Å². The molecule has 5 heteroatoms. The average Bonchev–Trinajstić information content (AvgIpc) is 2.48. The smallest absolute Gasteiger partial charge is 0.253 e. The van der Waals surface area contributed by atoms with Crippen LogP contribution in [0.25, 0.3) is 0 Å². The molecule has 0 aliphatic carbocycles. The van der Waals surface area contributed by atoms with Crippen molar-refractivity contribution < 1.29 is 9.18 Å². The number of amides is 1. The second-order valence-electron chi connectivity index (χ2n) is 5.69. The van der Waals surface area contributed by atoms with Crippen molar-refractivity contribution in [2.24, 2.45) is 0 Å². The molecule has 0 spiro atoms. The number of benzene rings is 1. The third-order valence-corrected chi connectivity index (χ3v) is 4.15. The summed E-state index contributed by atoms with van der Waals surface area (Å²) in [5.41, 5.74) is 5.70. The van der Waals surface area contributed by atoms with Crippen LogP contribution in [0.15, 0.2) is 18.2 Å². The first-order valence-corrected chi connectivity index (χ1v) is 7.66. The van der Waals surface area contributed by atoms with E-state index in [1.54, 1.807) is 6.07 Å². The monoisotopic (exact) mass is 293 g/mol. The molecule has 0 bridgehead atoms. The highest BCUT2D eigenvalue weighted by Crippen LogP contribution is 2.17. The van der Waals surface area contributed by atoms with Gasteiger partial charge in [0.2, 0.25) is 0 Å². The molecule has 116 valence electrons. The first kappa shape index (κ1) is 15.8. The quantitative estimate of drug-likeness (QED) is 0.647. The molecule has 1 saturated heterocycles. The lowest BCUT2D eigenvalue weighted by Gasteiger charge is -2.33. The molecule has 2 rings (SSSR count). The minimum atomic E-state index is -0.551. The summed E-state index contributed by atoms with van der Waals surface area (Å²) in [6.07, 6.45) is 4.72. The fourth-order valence-corrected chi connectivity index (χ4v) is 2.80. The highest BCUT2D eigenvalue weighted by atomic mass is 19.1. The van der Waals surface area contributed by atoms with Crippen LogP contribution in [0.2, 0.25) is 0 Å². The predicted molar refractivity (Wildman–Crippen MR) is 82.6 cm³/mol. The minimum Gasteiger partial charge on any atom is -0.396 e. The molecule has 0 saturated carbocycles. The van der Waals surface area contributed by atoms with Crippen molar-refractivity contribution in [2.75, 3.05) is 25.4 Å². The number of piperidine rings is 1. The summed E-state index contributed by atoms with van der Waals surface area (Å²) in [6.45, 7) is 4.97. The summed E-state index contributed by atoms with van der Waals surface area (Å²) >= 11 is 0. The summed E-state index contributed by atoms with van der Waals surface area (Å²) in [4.78, 5) is 14.4. The Kier molecular flexibility index (Phi) is 5.56. The van der Waals surface area contributed by atoms with Crippen LogP contribution in [0.1, 0.15) is 43.0 Å². The fourth-order valence-electron chi connectivity index (χ4n) is 2.80. The molecule has 1 aromatic rings. The minimum absolute atomic E-state index is 0.0837. The van der Waals surface area contributed by atoms with E-state index in [-0.39, 0.29) is 17.2 Å². The zero-order chi connectivity index (χ0) is 15.2. The van der Waals surface area contributed by atoms with E-state index >= 15 is 0 Å². The lowest BCUT2D eigenvalue weighted by molar-refractivity contribution is 0.0949. The van der Waals surface area contributed by atoms with Gasteiger partial charge in [-0.1, -0.05) is 12.5 Å². The maximum atomic E-state index is 13.3. The second-order valence-corrected chi connectivity index (χ2v) is 5.69. The highest BCUT2D eigenvalue weighted by molar-refractivity contribution is 5.99. The molecule has 0 radical (unpaired) electrons. The van der Waals surface area contributed by atoms with Crippen LogP contribution in [0, 0.1) is 5.82 Å². The lowest BCUT2D eigenvalue weighted by atomic mass is 10.0. The normalized spacial score (nSPS) is 19.4. The van der Waals surface area contributed by atoms with Gasteiger partial charge in [-0.05, 0) is 44.9 Å². The molecule has 3 N–H and O–H groups in total. The lowest BCUT2D eigenvalue weighted by Crippen LogP contribution is -2.39. The van der Waals surface area contributed by atoms with Gasteiger partial charge in [0.15, 0.2) is 0 Å². The summed E-state index contributed by atoms with van der Waals surface area (Å²) in [5, 5.41) is 2.81. The van der Waals surface area contributed by atoms with Crippen molar-refractivity contribution in [3.63, 3.8) is 0 Å². The third kappa shape index (κ3) is 4.17. The van der Waals surface area contributed by atoms with Crippen LogP contribution >= 0.6 is 0 Å². The van der Waals surface area contributed by atoms with Crippen LogP contribution in [0.3, 0.4) is 0 Å². The number of nitrogens with one attached hydrogen (secondary N) is 1. The molecule has 4 nitrogen and oxygen atoms in total. The third-order valence-electron chi connectivity index (χ3n) is 4.15.